The minimum absolute atomic E-state index is 0.359. The molecule has 0 unspecified atom stereocenters. The van der Waals surface area contributed by atoms with Gasteiger partial charge in [0.25, 0.3) is 0 Å². The third kappa shape index (κ3) is 5.02. The second-order valence-electron chi connectivity index (χ2n) is 2.26. The molecule has 74 valence electrons. The summed E-state index contributed by atoms with van der Waals surface area (Å²) in [4.78, 5) is 31.4. The molecule has 0 spiro atoms. The number of hydrogen-bond donors (Lipinski definition) is 3. The molecule has 0 aromatic rings. The molecule has 0 aliphatic rings. The van der Waals surface area contributed by atoms with E-state index in [-0.39, 0.29) is 5.88 Å². The number of alkyl halides is 1. The molecule has 0 aliphatic carbocycles. The van der Waals surface area contributed by atoms with Crippen LogP contribution in [0.4, 0.5) is 0 Å². The lowest BCUT2D eigenvalue weighted by molar-refractivity contribution is -0.143. The first-order chi connectivity index (χ1) is 5.97. The van der Waals surface area contributed by atoms with Gasteiger partial charge in [0.15, 0.2) is 0 Å². The molecule has 6 nitrogen and oxygen atoms in total. The highest BCUT2D eigenvalue weighted by molar-refractivity contribution is 6.27. The van der Waals surface area contributed by atoms with Gasteiger partial charge in [-0.15, -0.1) is 11.6 Å². The van der Waals surface area contributed by atoms with Crippen LogP contribution in [0.5, 0.6) is 0 Å². The van der Waals surface area contributed by atoms with Gasteiger partial charge in [-0.3, -0.25) is 9.59 Å². The van der Waals surface area contributed by atoms with E-state index < -0.39 is 30.2 Å². The Hall–Kier alpha value is -1.30. The largest absolute Gasteiger partial charge is 0.480 e. The van der Waals surface area contributed by atoms with E-state index in [1.54, 1.807) is 0 Å². The Morgan fingerprint density at radius 2 is 2.00 bits per heavy atom. The van der Waals surface area contributed by atoms with Crippen molar-refractivity contribution in [2.75, 3.05) is 5.88 Å². The molecule has 1 atom stereocenters. The van der Waals surface area contributed by atoms with Crippen molar-refractivity contribution in [3.05, 3.63) is 0 Å². The molecule has 4 N–H and O–H groups in total. The fourth-order valence-corrected chi connectivity index (χ4v) is 0.711. The second-order valence-corrected chi connectivity index (χ2v) is 2.53. The number of carboxylic acids is 1. The summed E-state index contributed by atoms with van der Waals surface area (Å²) in [6, 6.07) is -1.30. The van der Waals surface area contributed by atoms with E-state index in [2.05, 4.69) is 0 Å². The molecule has 0 saturated carbocycles. The third-order valence-electron chi connectivity index (χ3n) is 1.16. The predicted molar refractivity (Wildman–Crippen MR) is 44.1 cm³/mol. The first-order valence-electron chi connectivity index (χ1n) is 3.33. The summed E-state index contributed by atoms with van der Waals surface area (Å²) in [5.41, 5.74) is 4.76. The summed E-state index contributed by atoms with van der Waals surface area (Å²) in [7, 11) is 0. The average molecular weight is 209 g/mol. The van der Waals surface area contributed by atoms with Crippen molar-refractivity contribution in [1.29, 1.82) is 0 Å². The highest BCUT2D eigenvalue weighted by Gasteiger charge is 2.21. The number of hydrogen-bond acceptors (Lipinski definition) is 3. The molecule has 7 heteroatoms. The highest BCUT2D eigenvalue weighted by Crippen LogP contribution is 1.92. The van der Waals surface area contributed by atoms with Crippen molar-refractivity contribution in [2.45, 2.75) is 12.5 Å². The van der Waals surface area contributed by atoms with E-state index in [0.29, 0.717) is 0 Å². The molecule has 0 saturated heterocycles. The van der Waals surface area contributed by atoms with Crippen LogP contribution in [0.2, 0.25) is 0 Å². The maximum Gasteiger partial charge on any atom is 0.326 e. The lowest BCUT2D eigenvalue weighted by Gasteiger charge is -2.10. The zero-order valence-electron chi connectivity index (χ0n) is 6.62. The molecule has 13 heavy (non-hydrogen) atoms. The number of aliphatic carboxylic acids is 1. The zero-order valence-corrected chi connectivity index (χ0v) is 7.37. The number of amides is 2. The van der Waals surface area contributed by atoms with Gasteiger partial charge in [-0.2, -0.15) is 0 Å². The summed E-state index contributed by atoms with van der Waals surface area (Å²) >= 11 is 5.12. The summed E-state index contributed by atoms with van der Waals surface area (Å²) in [6.07, 6.45) is -0.446. The smallest absolute Gasteiger partial charge is 0.326 e. The number of rotatable bonds is 5. The number of nitrogens with one attached hydrogen (secondary N) is 1. The van der Waals surface area contributed by atoms with Gasteiger partial charge in [0.05, 0.1) is 6.42 Å². The molecule has 2 amide bonds. The van der Waals surface area contributed by atoms with Gasteiger partial charge in [0.1, 0.15) is 11.9 Å². The van der Waals surface area contributed by atoms with Gasteiger partial charge < -0.3 is 16.2 Å². The van der Waals surface area contributed by atoms with Crippen LogP contribution >= 0.6 is 11.6 Å². The van der Waals surface area contributed by atoms with Crippen LogP contribution in [-0.2, 0) is 14.4 Å². The number of carbonyl (C=O) groups is 3. The Labute approximate surface area is 79.0 Å². The molecular formula is C6H9ClN2O4. The molecule has 0 aliphatic heterocycles. The number of carboxylic acid groups (broad SMARTS) is 1. The van der Waals surface area contributed by atoms with Crippen LogP contribution in [0, 0.1) is 0 Å². The van der Waals surface area contributed by atoms with Crippen molar-refractivity contribution >= 4 is 29.4 Å². The fourth-order valence-electron chi connectivity index (χ4n) is 0.634. The summed E-state index contributed by atoms with van der Waals surface area (Å²) in [6.45, 7) is 0. The first kappa shape index (κ1) is 11.7. The Kier molecular flexibility index (Phi) is 4.83. The molecule has 0 heterocycles. The Bertz CT molecular complexity index is 231. The maximum atomic E-state index is 10.6. The summed E-state index contributed by atoms with van der Waals surface area (Å²) < 4.78 is 0. The maximum absolute atomic E-state index is 10.6. The first-order valence-corrected chi connectivity index (χ1v) is 3.87. The average Bonchev–Trinajstić information content (AvgIpc) is 2.02. The standard InChI is InChI=1S/C6H9ClN2O4/c7-2-5(11)9-3(6(12)13)1-4(8)10/h3H,1-2H2,(H2,8,10)(H,9,11)(H,12,13)/t3-/m0/s1. The van der Waals surface area contributed by atoms with Gasteiger partial charge in [-0.25, -0.2) is 4.79 Å². The van der Waals surface area contributed by atoms with Crippen molar-refractivity contribution in [2.24, 2.45) is 5.73 Å². The van der Waals surface area contributed by atoms with E-state index in [1.165, 1.54) is 0 Å². The minimum atomic E-state index is -1.32. The predicted octanol–water partition coefficient (Wildman–Crippen LogP) is -1.33. The van der Waals surface area contributed by atoms with Gasteiger partial charge in [0.2, 0.25) is 11.8 Å². The van der Waals surface area contributed by atoms with Gasteiger partial charge in [0, 0.05) is 0 Å². The lowest BCUT2D eigenvalue weighted by Crippen LogP contribution is -2.43. The van der Waals surface area contributed by atoms with E-state index >= 15 is 0 Å². The van der Waals surface area contributed by atoms with E-state index in [4.69, 9.17) is 22.4 Å². The quantitative estimate of drug-likeness (QED) is 0.486. The van der Waals surface area contributed by atoms with Crippen molar-refractivity contribution in [3.8, 4) is 0 Å². The second kappa shape index (κ2) is 5.36. The van der Waals surface area contributed by atoms with Crippen LogP contribution in [-0.4, -0.2) is 34.8 Å². The Balaban J connectivity index is 4.18. The molecule has 0 bridgehead atoms. The molecule has 0 aromatic heterocycles. The molecular weight excluding hydrogens is 200 g/mol. The van der Waals surface area contributed by atoms with Crippen LogP contribution in [0.3, 0.4) is 0 Å². The number of primary amides is 1. The topological polar surface area (TPSA) is 109 Å². The van der Waals surface area contributed by atoms with Crippen LogP contribution in [0.1, 0.15) is 6.42 Å². The Morgan fingerprint density at radius 1 is 1.46 bits per heavy atom. The monoisotopic (exact) mass is 208 g/mol. The zero-order chi connectivity index (χ0) is 10.4. The van der Waals surface area contributed by atoms with Crippen molar-refractivity contribution in [1.82, 2.24) is 5.32 Å². The van der Waals surface area contributed by atoms with E-state index in [0.717, 1.165) is 0 Å². The summed E-state index contributed by atoms with van der Waals surface area (Å²) in [5.74, 6) is -3.14. The summed E-state index contributed by atoms with van der Waals surface area (Å²) in [5, 5.41) is 10.5. The number of carbonyl (C=O) groups excluding carboxylic acids is 2. The van der Waals surface area contributed by atoms with E-state index in [1.807, 2.05) is 5.32 Å². The van der Waals surface area contributed by atoms with Crippen LogP contribution in [0.25, 0.3) is 0 Å². The van der Waals surface area contributed by atoms with Gasteiger partial charge >= 0.3 is 5.97 Å². The molecule has 0 rings (SSSR count). The normalized spacial score (nSPS) is 11.8. The fraction of sp³-hybridized carbons (Fsp3) is 0.500. The minimum Gasteiger partial charge on any atom is -0.480 e. The molecule has 0 fully saturated rings. The lowest BCUT2D eigenvalue weighted by atomic mass is 10.2. The van der Waals surface area contributed by atoms with Crippen molar-refractivity contribution < 1.29 is 19.5 Å². The molecule has 0 radical (unpaired) electrons. The van der Waals surface area contributed by atoms with Crippen LogP contribution in [0.15, 0.2) is 0 Å². The highest BCUT2D eigenvalue weighted by atomic mass is 35.5. The Morgan fingerprint density at radius 3 is 2.31 bits per heavy atom. The third-order valence-corrected chi connectivity index (χ3v) is 1.40. The number of halogens is 1. The SMILES string of the molecule is NC(=O)C[C@H](NC(=O)CCl)C(=O)O. The van der Waals surface area contributed by atoms with E-state index in [9.17, 15) is 14.4 Å². The van der Waals surface area contributed by atoms with Crippen LogP contribution < -0.4 is 11.1 Å². The molecule has 0 aromatic carbocycles. The van der Waals surface area contributed by atoms with Crippen molar-refractivity contribution in [3.63, 3.8) is 0 Å². The van der Waals surface area contributed by atoms with Gasteiger partial charge in [-0.1, -0.05) is 0 Å². The van der Waals surface area contributed by atoms with Gasteiger partial charge in [-0.05, 0) is 0 Å². The number of nitrogens with two attached hydrogens (primary N) is 1.